The third-order valence-electron chi connectivity index (χ3n) is 20.3. The van der Waals surface area contributed by atoms with E-state index < -0.39 is 0 Å². The maximum atomic E-state index is 5.13. The van der Waals surface area contributed by atoms with Crippen LogP contribution in [0.1, 0.15) is 0 Å². The Bertz CT molecular complexity index is 6290. The minimum Gasteiger partial charge on any atom is -0.308 e. The molecule has 0 radical (unpaired) electrons. The van der Waals surface area contributed by atoms with Crippen molar-refractivity contribution in [2.24, 2.45) is 0 Å². The topological polar surface area (TPSA) is 131 Å². The van der Waals surface area contributed by atoms with Gasteiger partial charge in [0.25, 0.3) is 0 Å². The lowest BCUT2D eigenvalue weighted by Gasteiger charge is -2.13. The number of aromatic nitrogens is 12. The van der Waals surface area contributed by atoms with Crippen LogP contribution in [0, 0.1) is 0 Å². The molecule has 15 heteroatoms. The highest BCUT2D eigenvalue weighted by Gasteiger charge is 2.21. The number of benzene rings is 9. The van der Waals surface area contributed by atoms with Crippen molar-refractivity contribution in [2.75, 3.05) is 0 Å². The van der Waals surface area contributed by atoms with Crippen LogP contribution in [-0.2, 0) is 0 Å². The molecule has 12 heterocycles. The van der Waals surface area contributed by atoms with Crippen LogP contribution in [0.5, 0.6) is 0 Å². The molecule has 0 N–H and O–H groups in total. The fraction of sp³-hybridized carbons (Fsp3) is 0. The molecule has 0 aliphatic heterocycles. The summed E-state index contributed by atoms with van der Waals surface area (Å²) in [6, 6.07) is 117. The van der Waals surface area contributed by atoms with E-state index in [0.29, 0.717) is 0 Å². The highest BCUT2D eigenvalue weighted by atomic mass is 79.9. The second-order valence-electron chi connectivity index (χ2n) is 27.4. The highest BCUT2D eigenvalue weighted by Crippen LogP contribution is 2.41. The Morgan fingerprint density at radius 2 is 0.491 bits per heavy atom. The summed E-state index contributed by atoms with van der Waals surface area (Å²) in [5.41, 5.74) is 30.7. The van der Waals surface area contributed by atoms with Crippen molar-refractivity contribution < 1.29 is 0 Å². The van der Waals surface area contributed by atoms with Crippen molar-refractivity contribution in [1.29, 1.82) is 0 Å². The number of nitrogens with zero attached hydrogens (tertiary/aromatic N) is 12. The van der Waals surface area contributed by atoms with Crippen molar-refractivity contribution in [2.45, 2.75) is 0 Å². The van der Waals surface area contributed by atoms with Crippen molar-refractivity contribution in [1.82, 2.24) is 58.6 Å². The van der Waals surface area contributed by atoms with E-state index in [1.165, 1.54) is 5.56 Å². The van der Waals surface area contributed by atoms with E-state index in [2.05, 4.69) is 318 Å². The average molecular weight is 1660 g/mol. The van der Waals surface area contributed by atoms with Gasteiger partial charge in [0, 0.05) is 112 Å². The zero-order chi connectivity index (χ0) is 76.4. The largest absolute Gasteiger partial charge is 0.308 e. The van der Waals surface area contributed by atoms with Gasteiger partial charge in [0.2, 0.25) is 0 Å². The average Bonchev–Trinajstić information content (AvgIpc) is 1.69. The second kappa shape index (κ2) is 31.1. The van der Waals surface area contributed by atoms with Crippen molar-refractivity contribution >= 4 is 114 Å². The molecule has 0 saturated carbocycles. The van der Waals surface area contributed by atoms with Gasteiger partial charge in [-0.2, -0.15) is 0 Å². The van der Waals surface area contributed by atoms with Gasteiger partial charge in [-0.25, -0.2) is 9.97 Å². The van der Waals surface area contributed by atoms with Crippen LogP contribution in [0.15, 0.2) is 397 Å². The summed E-state index contributed by atoms with van der Waals surface area (Å²) in [5, 5.41) is 3.35. The summed E-state index contributed by atoms with van der Waals surface area (Å²) in [7, 11) is 0. The second-order valence-corrected chi connectivity index (χ2v) is 30.1. The summed E-state index contributed by atoms with van der Waals surface area (Å²) in [6.07, 6.45) is 12.8. The summed E-state index contributed by atoms with van der Waals surface area (Å²) < 4.78 is 9.96. The summed E-state index contributed by atoms with van der Waals surface area (Å²) in [6.45, 7) is 0. The molecule has 12 aromatic heterocycles. The lowest BCUT2D eigenvalue weighted by atomic mass is 9.96. The van der Waals surface area contributed by atoms with E-state index in [1.54, 1.807) is 12.4 Å². The van der Waals surface area contributed by atoms with Crippen LogP contribution in [0.25, 0.3) is 184 Å². The molecule has 9 aromatic carbocycles. The molecular formula is C99H63Br3N12. The zero-order valence-electron chi connectivity index (χ0n) is 60.9. The predicted octanol–water partition coefficient (Wildman–Crippen LogP) is 26.2. The summed E-state index contributed by atoms with van der Waals surface area (Å²) in [4.78, 5) is 42.5. The van der Waals surface area contributed by atoms with Crippen LogP contribution in [0.2, 0.25) is 0 Å². The Morgan fingerprint density at radius 3 is 0.904 bits per heavy atom. The van der Waals surface area contributed by atoms with Crippen LogP contribution in [0.3, 0.4) is 0 Å². The van der Waals surface area contributed by atoms with Gasteiger partial charge in [0.1, 0.15) is 0 Å². The number of fused-ring (bicyclic) bond motifs is 9. The molecule has 0 fully saturated rings. The molecule has 0 atom stereocenters. The third-order valence-corrected chi connectivity index (χ3v) is 21.7. The number of rotatable bonds is 12. The van der Waals surface area contributed by atoms with Gasteiger partial charge in [0.15, 0.2) is 0 Å². The Kier molecular flexibility index (Phi) is 19.3. The minimum absolute atomic E-state index is 0.806. The fourth-order valence-electron chi connectivity index (χ4n) is 15.1. The minimum atomic E-state index is 0.806. The maximum absolute atomic E-state index is 5.13. The van der Waals surface area contributed by atoms with Crippen LogP contribution in [0.4, 0.5) is 0 Å². The Morgan fingerprint density at radius 1 is 0.175 bits per heavy atom. The number of hydrogen-bond donors (Lipinski definition) is 0. The van der Waals surface area contributed by atoms with Gasteiger partial charge in [-0.3, -0.25) is 34.9 Å². The normalized spacial score (nSPS) is 11.3. The molecule has 0 bridgehead atoms. The molecular weight excluding hydrogens is 1600 g/mol. The lowest BCUT2D eigenvalue weighted by Crippen LogP contribution is -1.96. The van der Waals surface area contributed by atoms with Gasteiger partial charge in [0.05, 0.1) is 95.2 Å². The molecule has 0 unspecified atom stereocenters. The maximum Gasteiger partial charge on any atom is 0.0963 e. The van der Waals surface area contributed by atoms with E-state index in [1.807, 2.05) is 134 Å². The van der Waals surface area contributed by atoms with Crippen molar-refractivity contribution in [3.05, 3.63) is 397 Å². The monoisotopic (exact) mass is 1660 g/mol. The zero-order valence-corrected chi connectivity index (χ0v) is 65.6. The first-order chi connectivity index (χ1) is 56.2. The molecule has 0 saturated heterocycles. The fourth-order valence-corrected chi connectivity index (χ4v) is 16.2. The van der Waals surface area contributed by atoms with Crippen LogP contribution < -0.4 is 0 Å². The van der Waals surface area contributed by atoms with Crippen molar-refractivity contribution in [3.8, 4) is 118 Å². The van der Waals surface area contributed by atoms with E-state index in [9.17, 15) is 0 Å². The summed E-state index contributed by atoms with van der Waals surface area (Å²) >= 11 is 10.9. The first-order valence-electron chi connectivity index (χ1n) is 37.2. The van der Waals surface area contributed by atoms with Gasteiger partial charge in [-0.05, 0) is 252 Å². The van der Waals surface area contributed by atoms with Crippen molar-refractivity contribution in [3.63, 3.8) is 0 Å². The molecule has 12 nitrogen and oxygen atoms in total. The molecule has 0 amide bonds. The van der Waals surface area contributed by atoms with Gasteiger partial charge >= 0.3 is 0 Å². The molecule has 540 valence electrons. The van der Waals surface area contributed by atoms with E-state index in [-0.39, 0.29) is 0 Å². The molecule has 21 aromatic rings. The number of halogens is 3. The quantitative estimate of drug-likeness (QED) is 0.117. The lowest BCUT2D eigenvalue weighted by molar-refractivity contribution is 1.17. The Labute approximate surface area is 681 Å². The SMILES string of the molecule is Brc1ccc2c(c1)c1ncccc1n2-c1cccc(-c2cc(-c3ccccc3)cc(-c3ccccc3)n2)c1.Brc1ccc2c(c1)c1ncccc1n2-c1cccc(-c2cc(-c3ccccn3)cc(-c3ccccn3)c2)c1.Brc1ccc2c(c1)c1ncccc1n2-c1cccc(-c2cc(-c3ccccn3)nc(-c3ccccn3)c2)c1. The molecule has 0 spiro atoms. The third kappa shape index (κ3) is 14.1. The Hall–Kier alpha value is -13.8. The predicted molar refractivity (Wildman–Crippen MR) is 475 cm³/mol. The molecule has 0 aliphatic rings. The molecule has 21 rings (SSSR count). The van der Waals surface area contributed by atoms with Gasteiger partial charge < -0.3 is 13.7 Å². The van der Waals surface area contributed by atoms with Gasteiger partial charge in [-0.15, -0.1) is 0 Å². The number of pyridine rings is 9. The smallest absolute Gasteiger partial charge is 0.0963 e. The van der Waals surface area contributed by atoms with Crippen LogP contribution in [-0.4, -0.2) is 58.6 Å². The highest BCUT2D eigenvalue weighted by molar-refractivity contribution is 9.11. The Balaban J connectivity index is 0.000000115. The standard InChI is InChI=1S/C34H22BrN3.C33H21BrN4.C32H20BrN5/c35-27-16-17-32-29(22-27)34-33(15-8-18-36-34)38(32)28-14-7-13-25(19-28)31-21-26(23-9-3-1-4-10-23)20-30(37-31)24-11-5-2-6-12-24;34-26-12-13-31-28(21-26)33-32(11-6-16-37-33)38(31)27-8-5-7-22(20-27)23-17-24(29-9-1-3-14-35-29)19-25(18-23)30-10-2-4-15-36-30;33-23-12-13-30-25(20-23)32-31(11-6-16-36-32)38(30)24-8-5-7-21(17-24)22-18-28(26-9-1-3-14-34-26)37-29(19-22)27-10-2-4-15-35-27/h1-22H;1-21H;1-20H. The first-order valence-corrected chi connectivity index (χ1v) is 39.5. The van der Waals surface area contributed by atoms with Gasteiger partial charge in [-0.1, -0.05) is 169 Å². The summed E-state index contributed by atoms with van der Waals surface area (Å²) in [5.74, 6) is 0. The van der Waals surface area contributed by atoms with E-state index >= 15 is 0 Å². The van der Waals surface area contributed by atoms with E-state index in [4.69, 9.17) is 24.9 Å². The molecule has 0 aliphatic carbocycles. The molecule has 114 heavy (non-hydrogen) atoms. The van der Waals surface area contributed by atoms with Crippen LogP contribution >= 0.6 is 47.8 Å². The number of hydrogen-bond acceptors (Lipinski definition) is 9. The van der Waals surface area contributed by atoms with E-state index in [0.717, 1.165) is 192 Å². The first kappa shape index (κ1) is 70.5.